The third kappa shape index (κ3) is 1.54. The molecule has 2 heterocycles. The van der Waals surface area contributed by atoms with E-state index in [1.807, 2.05) is 6.92 Å². The van der Waals surface area contributed by atoms with Crippen molar-refractivity contribution in [1.29, 1.82) is 0 Å². The van der Waals surface area contributed by atoms with Gasteiger partial charge in [-0.15, -0.1) is 0 Å². The molecule has 0 radical (unpaired) electrons. The lowest BCUT2D eigenvalue weighted by Gasteiger charge is -2.28. The van der Waals surface area contributed by atoms with Gasteiger partial charge in [0.15, 0.2) is 0 Å². The van der Waals surface area contributed by atoms with Crippen LogP contribution < -0.4 is 0 Å². The van der Waals surface area contributed by atoms with E-state index in [1.165, 1.54) is 0 Å². The first kappa shape index (κ1) is 9.58. The lowest BCUT2D eigenvalue weighted by atomic mass is 9.81. The molecule has 0 amide bonds. The minimum atomic E-state index is -2.42. The van der Waals surface area contributed by atoms with Crippen molar-refractivity contribution < 1.29 is 17.7 Å². The third-order valence-corrected chi connectivity index (χ3v) is 3.47. The number of fused-ring (bicyclic) bond motifs is 2. The van der Waals surface area contributed by atoms with Crippen molar-refractivity contribution in [2.75, 3.05) is 0 Å². The molecule has 0 saturated carbocycles. The number of ether oxygens (including phenoxy) is 1. The smallest absolute Gasteiger partial charge is 0.105 e. The van der Waals surface area contributed by atoms with Gasteiger partial charge in [0.2, 0.25) is 0 Å². The molecule has 13 heavy (non-hydrogen) atoms. The molecule has 0 aliphatic carbocycles. The maximum Gasteiger partial charge on any atom is 0.105 e. The second-order valence-electron chi connectivity index (χ2n) is 3.98. The predicted molar refractivity (Wildman–Crippen MR) is 45.4 cm³/mol. The topological polar surface area (TPSA) is 58.6 Å². The van der Waals surface area contributed by atoms with Crippen LogP contribution >= 0.6 is 0 Å². The molecule has 4 nitrogen and oxygen atoms in total. The predicted octanol–water partition coefficient (Wildman–Crippen LogP) is 0.609. The molecule has 0 aromatic carbocycles. The molecule has 2 rings (SSSR count). The zero-order valence-corrected chi connectivity index (χ0v) is 8.45. The molecule has 6 unspecified atom stereocenters. The van der Waals surface area contributed by atoms with E-state index in [1.54, 1.807) is 0 Å². The monoisotopic (exact) mass is 205 g/mol. The van der Waals surface area contributed by atoms with Gasteiger partial charge in [0.25, 0.3) is 0 Å². The Balaban J connectivity index is 2.05. The van der Waals surface area contributed by atoms with Crippen LogP contribution in [-0.2, 0) is 20.3 Å². The summed E-state index contributed by atoms with van der Waals surface area (Å²) in [5, 5.41) is 0. The Labute approximate surface area is 80.1 Å². The molecular weight excluding hydrogens is 192 g/mol. The Bertz CT molecular complexity index is 230. The summed E-state index contributed by atoms with van der Waals surface area (Å²) in [6.07, 6.45) is 0.808. The van der Waals surface area contributed by atoms with E-state index in [9.17, 15) is 8.76 Å². The summed E-state index contributed by atoms with van der Waals surface area (Å²) >= 11 is -2.42. The first-order chi connectivity index (χ1) is 6.09. The summed E-state index contributed by atoms with van der Waals surface area (Å²) in [6, 6.07) is 0. The van der Waals surface area contributed by atoms with Gasteiger partial charge in [0.05, 0.1) is 23.6 Å². The van der Waals surface area contributed by atoms with Crippen molar-refractivity contribution in [1.82, 2.24) is 0 Å². The molecule has 0 aromatic heterocycles. The zero-order chi connectivity index (χ0) is 9.59. The lowest BCUT2D eigenvalue weighted by molar-refractivity contribution is 0.0636. The highest BCUT2D eigenvalue weighted by molar-refractivity contribution is 7.74. The molecule has 5 heteroatoms. The van der Waals surface area contributed by atoms with Gasteiger partial charge < -0.3 is 9.29 Å². The van der Waals surface area contributed by atoms with Gasteiger partial charge in [0.1, 0.15) is 6.10 Å². The van der Waals surface area contributed by atoms with Gasteiger partial charge in [-0.05, 0) is 12.3 Å². The fourth-order valence-corrected chi connectivity index (χ4v) is 2.99. The van der Waals surface area contributed by atoms with Crippen LogP contribution in [0, 0.1) is 11.8 Å². The van der Waals surface area contributed by atoms with Crippen LogP contribution in [0.2, 0.25) is 0 Å². The summed E-state index contributed by atoms with van der Waals surface area (Å²) in [5.41, 5.74) is 0. The number of hydrogen-bond donors (Lipinski definition) is 0. The molecule has 2 aliphatic heterocycles. The largest absolute Gasteiger partial charge is 0.750 e. The molecule has 0 N–H and O–H groups in total. The normalized spacial score (nSPS) is 51.2. The number of hydrogen-bond acceptors (Lipinski definition) is 4. The second-order valence-corrected chi connectivity index (χ2v) is 4.58. The average molecular weight is 205 g/mol. The van der Waals surface area contributed by atoms with Crippen LogP contribution in [0.5, 0.6) is 0 Å². The Hall–Kier alpha value is 0.0300. The third-order valence-electron chi connectivity index (χ3n) is 3.09. The fraction of sp³-hybridized carbons (Fsp3) is 1.00. The van der Waals surface area contributed by atoms with E-state index in [-0.39, 0.29) is 24.2 Å². The minimum absolute atomic E-state index is 0.0205. The van der Waals surface area contributed by atoms with Gasteiger partial charge in [-0.2, -0.15) is 0 Å². The van der Waals surface area contributed by atoms with E-state index in [0.717, 1.165) is 6.42 Å². The summed E-state index contributed by atoms with van der Waals surface area (Å²) in [4.78, 5) is 0. The highest BCUT2D eigenvalue weighted by Gasteiger charge is 2.51. The fourth-order valence-electron chi connectivity index (χ4n) is 2.51. The van der Waals surface area contributed by atoms with Gasteiger partial charge in [-0.3, -0.25) is 4.18 Å². The Morgan fingerprint density at radius 3 is 2.69 bits per heavy atom. The van der Waals surface area contributed by atoms with Crippen molar-refractivity contribution in [3.8, 4) is 0 Å². The molecule has 0 aromatic rings. The van der Waals surface area contributed by atoms with E-state index >= 15 is 0 Å². The number of rotatable bonds is 2. The molecule has 0 spiro atoms. The summed E-state index contributed by atoms with van der Waals surface area (Å²) in [5.74, 6) is 0.714. The Morgan fingerprint density at radius 2 is 2.23 bits per heavy atom. The average Bonchev–Trinajstić information content (AvgIpc) is 2.51. The van der Waals surface area contributed by atoms with Crippen molar-refractivity contribution >= 4 is 11.4 Å². The Morgan fingerprint density at radius 1 is 1.54 bits per heavy atom. The quantitative estimate of drug-likeness (QED) is 0.620. The van der Waals surface area contributed by atoms with E-state index < -0.39 is 11.4 Å². The van der Waals surface area contributed by atoms with E-state index in [4.69, 9.17) is 8.92 Å². The summed E-state index contributed by atoms with van der Waals surface area (Å²) in [7, 11) is 0. The van der Waals surface area contributed by atoms with Crippen LogP contribution in [0.25, 0.3) is 0 Å². The van der Waals surface area contributed by atoms with E-state index in [0.29, 0.717) is 5.92 Å². The van der Waals surface area contributed by atoms with Crippen LogP contribution in [0.15, 0.2) is 0 Å². The standard InChI is InChI=1S/C8H14O4S/c1-4-3-6-8(12-13(9)10)5(2)7(4)11-6/h4-8H,3H2,1-2H3,(H,9,10)/p-1. The van der Waals surface area contributed by atoms with Crippen LogP contribution in [-0.4, -0.2) is 27.1 Å². The maximum absolute atomic E-state index is 10.4. The first-order valence-electron chi connectivity index (χ1n) is 4.51. The van der Waals surface area contributed by atoms with Gasteiger partial charge in [-0.25, -0.2) is 4.21 Å². The van der Waals surface area contributed by atoms with Crippen molar-refractivity contribution in [2.45, 2.75) is 38.6 Å². The molecule has 6 atom stereocenters. The van der Waals surface area contributed by atoms with Gasteiger partial charge in [0, 0.05) is 5.92 Å². The van der Waals surface area contributed by atoms with Crippen molar-refractivity contribution in [2.24, 2.45) is 11.8 Å². The molecule has 2 bridgehead atoms. The minimum Gasteiger partial charge on any atom is -0.750 e. The van der Waals surface area contributed by atoms with Crippen LogP contribution in [0.3, 0.4) is 0 Å². The maximum atomic E-state index is 10.4. The van der Waals surface area contributed by atoms with Gasteiger partial charge in [-0.1, -0.05) is 13.8 Å². The molecule has 2 aliphatic rings. The molecule has 2 saturated heterocycles. The van der Waals surface area contributed by atoms with E-state index in [2.05, 4.69) is 6.92 Å². The molecule has 76 valence electrons. The zero-order valence-electron chi connectivity index (χ0n) is 7.64. The summed E-state index contributed by atoms with van der Waals surface area (Å²) in [6.45, 7) is 4.11. The summed E-state index contributed by atoms with van der Waals surface area (Å²) < 4.78 is 31.2. The SMILES string of the molecule is CC1CC2OC1C(C)C2OS(=O)[O-]. The van der Waals surface area contributed by atoms with Crippen LogP contribution in [0.1, 0.15) is 20.3 Å². The highest BCUT2D eigenvalue weighted by Crippen LogP contribution is 2.44. The first-order valence-corrected chi connectivity index (χ1v) is 5.51. The molecular formula is C8H13O4S-. The van der Waals surface area contributed by atoms with Gasteiger partial charge >= 0.3 is 0 Å². The van der Waals surface area contributed by atoms with Crippen molar-refractivity contribution in [3.63, 3.8) is 0 Å². The second kappa shape index (κ2) is 3.31. The Kier molecular flexibility index (Phi) is 2.44. The van der Waals surface area contributed by atoms with Crippen molar-refractivity contribution in [3.05, 3.63) is 0 Å². The van der Waals surface area contributed by atoms with Crippen LogP contribution in [0.4, 0.5) is 0 Å². The molecule has 2 fully saturated rings. The highest BCUT2D eigenvalue weighted by atomic mass is 32.2. The lowest BCUT2D eigenvalue weighted by Crippen LogP contribution is -2.36.